The van der Waals surface area contributed by atoms with E-state index in [0.29, 0.717) is 5.75 Å². The van der Waals surface area contributed by atoms with Gasteiger partial charge >= 0.3 is 22.1 Å². The van der Waals surface area contributed by atoms with Crippen LogP contribution >= 0.6 is 0 Å². The number of benzene rings is 2. The third-order valence-electron chi connectivity index (χ3n) is 3.01. The average molecular weight is 352 g/mol. The van der Waals surface area contributed by atoms with Crippen LogP contribution in [0.5, 0.6) is 11.5 Å². The zero-order valence-corrected chi connectivity index (χ0v) is 13.1. The first-order valence-corrected chi connectivity index (χ1v) is 7.84. The van der Waals surface area contributed by atoms with Gasteiger partial charge in [0.2, 0.25) is 0 Å². The van der Waals surface area contributed by atoms with Crippen LogP contribution in [0.25, 0.3) is 0 Å². The molecule has 2 aromatic carbocycles. The second-order valence-corrected chi connectivity index (χ2v) is 6.08. The molecule has 0 aliphatic rings. The van der Waals surface area contributed by atoms with Crippen molar-refractivity contribution in [2.75, 3.05) is 7.11 Å². The Labute approximate surface area is 137 Å². The molecule has 24 heavy (non-hydrogen) atoms. The van der Waals surface area contributed by atoms with Crippen LogP contribution < -0.4 is 8.92 Å². The lowest BCUT2D eigenvalue weighted by molar-refractivity contribution is 0.0651. The molecule has 0 amide bonds. The molecular formula is C15H12O8S. The number of hydrogen-bond acceptors (Lipinski definition) is 6. The molecule has 9 heteroatoms. The Kier molecular flexibility index (Phi) is 4.74. The van der Waals surface area contributed by atoms with Gasteiger partial charge < -0.3 is 19.1 Å². The van der Waals surface area contributed by atoms with E-state index in [1.807, 2.05) is 0 Å². The molecule has 0 spiro atoms. The van der Waals surface area contributed by atoms with Gasteiger partial charge in [0, 0.05) is 0 Å². The van der Waals surface area contributed by atoms with Crippen LogP contribution in [0.4, 0.5) is 0 Å². The minimum Gasteiger partial charge on any atom is -0.497 e. The molecule has 2 rings (SSSR count). The summed E-state index contributed by atoms with van der Waals surface area (Å²) in [6, 6.07) is 8.30. The fourth-order valence-electron chi connectivity index (χ4n) is 1.85. The molecule has 0 saturated carbocycles. The summed E-state index contributed by atoms with van der Waals surface area (Å²) in [7, 11) is -2.88. The maximum absolute atomic E-state index is 12.2. The maximum Gasteiger partial charge on any atom is 0.339 e. The fourth-order valence-corrected chi connectivity index (χ4v) is 2.81. The summed E-state index contributed by atoms with van der Waals surface area (Å²) in [6.45, 7) is 0. The Bertz CT molecular complexity index is 884. The molecule has 0 radical (unpaired) electrons. The topological polar surface area (TPSA) is 127 Å². The predicted molar refractivity (Wildman–Crippen MR) is 81.2 cm³/mol. The zero-order chi connectivity index (χ0) is 17.9. The smallest absolute Gasteiger partial charge is 0.339 e. The molecule has 2 N–H and O–H groups in total. The molecular weight excluding hydrogens is 340 g/mol. The molecule has 0 aliphatic heterocycles. The second kappa shape index (κ2) is 6.59. The molecule has 0 atom stereocenters. The normalized spacial score (nSPS) is 10.9. The summed E-state index contributed by atoms with van der Waals surface area (Å²) in [5, 5.41) is 18.0. The van der Waals surface area contributed by atoms with Gasteiger partial charge in [-0.15, -0.1) is 0 Å². The lowest BCUT2D eigenvalue weighted by Crippen LogP contribution is -2.13. The van der Waals surface area contributed by atoms with Crippen molar-refractivity contribution in [3.05, 3.63) is 53.6 Å². The van der Waals surface area contributed by atoms with Gasteiger partial charge in [-0.3, -0.25) is 0 Å². The van der Waals surface area contributed by atoms with Crippen LogP contribution in [0.1, 0.15) is 20.7 Å². The third-order valence-corrected chi connectivity index (χ3v) is 4.25. The number of carboxylic acids is 2. The first-order chi connectivity index (χ1) is 11.2. The number of hydrogen-bond donors (Lipinski definition) is 2. The van der Waals surface area contributed by atoms with E-state index in [1.54, 1.807) is 0 Å². The minimum atomic E-state index is -4.33. The van der Waals surface area contributed by atoms with Crippen LogP contribution in [0, 0.1) is 0 Å². The highest BCUT2D eigenvalue weighted by atomic mass is 32.2. The van der Waals surface area contributed by atoms with Gasteiger partial charge in [0.15, 0.2) is 0 Å². The number of carboxylic acid groups (broad SMARTS) is 2. The van der Waals surface area contributed by atoms with E-state index in [4.69, 9.17) is 19.1 Å². The molecule has 8 nitrogen and oxygen atoms in total. The monoisotopic (exact) mass is 352 g/mol. The fraction of sp³-hybridized carbons (Fsp3) is 0.0667. The number of carbonyl (C=O) groups is 2. The quantitative estimate of drug-likeness (QED) is 0.754. The van der Waals surface area contributed by atoms with Gasteiger partial charge in [-0.05, 0) is 42.5 Å². The molecule has 0 aliphatic carbocycles. The second-order valence-electron chi connectivity index (χ2n) is 4.53. The molecule has 0 saturated heterocycles. The van der Waals surface area contributed by atoms with Crippen LogP contribution in [0.15, 0.2) is 47.4 Å². The predicted octanol–water partition coefficient (Wildman–Crippen LogP) is 1.86. The number of methoxy groups -OCH3 is 1. The Hall–Kier alpha value is -3.07. The van der Waals surface area contributed by atoms with E-state index in [-0.39, 0.29) is 5.75 Å². The van der Waals surface area contributed by atoms with Gasteiger partial charge in [-0.2, -0.15) is 8.42 Å². The Morgan fingerprint density at radius 2 is 1.42 bits per heavy atom. The van der Waals surface area contributed by atoms with Crippen molar-refractivity contribution in [2.24, 2.45) is 0 Å². The van der Waals surface area contributed by atoms with Crippen LogP contribution in [-0.2, 0) is 10.1 Å². The zero-order valence-electron chi connectivity index (χ0n) is 12.3. The van der Waals surface area contributed by atoms with Crippen molar-refractivity contribution in [1.82, 2.24) is 0 Å². The van der Waals surface area contributed by atoms with Gasteiger partial charge in [-0.25, -0.2) is 9.59 Å². The van der Waals surface area contributed by atoms with Crippen molar-refractivity contribution in [2.45, 2.75) is 4.90 Å². The average Bonchev–Trinajstić information content (AvgIpc) is 2.54. The highest BCUT2D eigenvalue weighted by Gasteiger charge is 2.23. The summed E-state index contributed by atoms with van der Waals surface area (Å²) >= 11 is 0. The SMILES string of the molecule is COc1ccc(OS(=O)(=O)c2ccc(C(=O)O)c(C(=O)O)c2)cc1. The summed E-state index contributed by atoms with van der Waals surface area (Å²) in [6.07, 6.45) is 0. The van der Waals surface area contributed by atoms with E-state index in [2.05, 4.69) is 0 Å². The molecule has 0 heterocycles. The minimum absolute atomic E-state index is 0.00464. The van der Waals surface area contributed by atoms with Crippen LogP contribution in [0.3, 0.4) is 0 Å². The molecule has 2 aromatic rings. The van der Waals surface area contributed by atoms with Crippen molar-refractivity contribution < 1.29 is 37.1 Å². The van der Waals surface area contributed by atoms with Gasteiger partial charge in [0.1, 0.15) is 16.4 Å². The van der Waals surface area contributed by atoms with E-state index in [1.165, 1.54) is 31.4 Å². The summed E-state index contributed by atoms with van der Waals surface area (Å²) in [5.74, 6) is -2.55. The van der Waals surface area contributed by atoms with Crippen molar-refractivity contribution in [3.8, 4) is 11.5 Å². The Balaban J connectivity index is 2.39. The van der Waals surface area contributed by atoms with Crippen molar-refractivity contribution in [1.29, 1.82) is 0 Å². The summed E-state index contributed by atoms with van der Waals surface area (Å²) < 4.78 is 34.3. The number of aromatic carboxylic acids is 2. The molecule has 0 bridgehead atoms. The molecule has 0 unspecified atom stereocenters. The summed E-state index contributed by atoms with van der Waals surface area (Å²) in [5.41, 5.74) is -1.17. The maximum atomic E-state index is 12.2. The largest absolute Gasteiger partial charge is 0.497 e. The molecule has 126 valence electrons. The van der Waals surface area contributed by atoms with Crippen LogP contribution in [-0.4, -0.2) is 37.7 Å². The number of ether oxygens (including phenoxy) is 1. The van der Waals surface area contributed by atoms with Gasteiger partial charge in [0.25, 0.3) is 0 Å². The van der Waals surface area contributed by atoms with Crippen molar-refractivity contribution in [3.63, 3.8) is 0 Å². The third kappa shape index (κ3) is 3.63. The molecule has 0 fully saturated rings. The van der Waals surface area contributed by atoms with E-state index in [0.717, 1.165) is 18.2 Å². The Morgan fingerprint density at radius 3 is 1.92 bits per heavy atom. The van der Waals surface area contributed by atoms with E-state index in [9.17, 15) is 18.0 Å². The van der Waals surface area contributed by atoms with Crippen molar-refractivity contribution >= 4 is 22.1 Å². The van der Waals surface area contributed by atoms with E-state index >= 15 is 0 Å². The van der Waals surface area contributed by atoms with Gasteiger partial charge in [0.05, 0.1) is 18.2 Å². The van der Waals surface area contributed by atoms with E-state index < -0.39 is 38.1 Å². The lowest BCUT2D eigenvalue weighted by atomic mass is 10.1. The van der Waals surface area contributed by atoms with Crippen LogP contribution in [0.2, 0.25) is 0 Å². The number of rotatable bonds is 6. The highest BCUT2D eigenvalue weighted by Crippen LogP contribution is 2.23. The lowest BCUT2D eigenvalue weighted by Gasteiger charge is -2.09. The standard InChI is InChI=1S/C15H12O8S/c1-22-9-2-4-10(5-3-9)23-24(20,21)11-6-7-12(14(16)17)13(8-11)15(18)19/h2-8H,1H3,(H,16,17)(H,18,19). The Morgan fingerprint density at radius 1 is 0.875 bits per heavy atom. The first kappa shape index (κ1) is 17.3. The molecule has 0 aromatic heterocycles. The van der Waals surface area contributed by atoms with Gasteiger partial charge in [-0.1, -0.05) is 0 Å². The summed E-state index contributed by atoms with van der Waals surface area (Å²) in [4.78, 5) is 21.6. The highest BCUT2D eigenvalue weighted by molar-refractivity contribution is 7.87. The first-order valence-electron chi connectivity index (χ1n) is 6.44.